The average molecular weight is 236 g/mol. The normalized spacial score (nSPS) is 15.3. The van der Waals surface area contributed by atoms with Crippen molar-refractivity contribution in [3.63, 3.8) is 0 Å². The van der Waals surface area contributed by atoms with Gasteiger partial charge in [-0.05, 0) is 17.8 Å². The molecule has 0 saturated heterocycles. The van der Waals surface area contributed by atoms with Crippen LogP contribution in [0.2, 0.25) is 0 Å². The summed E-state index contributed by atoms with van der Waals surface area (Å²) in [6.45, 7) is 1.12. The van der Waals surface area contributed by atoms with Gasteiger partial charge >= 0.3 is 11.0 Å². The lowest BCUT2D eigenvalue weighted by atomic mass is 10.2. The van der Waals surface area contributed by atoms with Gasteiger partial charge in [-0.25, -0.2) is 0 Å². The fourth-order valence-corrected chi connectivity index (χ4v) is 2.09. The van der Waals surface area contributed by atoms with Crippen LogP contribution in [0.25, 0.3) is 0 Å². The summed E-state index contributed by atoms with van der Waals surface area (Å²) >= 11 is 1.57. The fourth-order valence-electron chi connectivity index (χ4n) is 1.26. The molecule has 0 atom stereocenters. The second kappa shape index (κ2) is 3.49. The molecule has 0 bridgehead atoms. The zero-order valence-electron chi connectivity index (χ0n) is 6.09. The van der Waals surface area contributed by atoms with Gasteiger partial charge in [0, 0.05) is 0 Å². The summed E-state index contributed by atoms with van der Waals surface area (Å²) in [6, 6.07) is 0. The lowest BCUT2D eigenvalue weighted by molar-refractivity contribution is -0.645. The quantitative estimate of drug-likeness (QED) is 0.500. The Kier molecular flexibility index (Phi) is 2.84. The Hall–Kier alpha value is -0.160. The first-order chi connectivity index (χ1) is 4.86. The van der Waals surface area contributed by atoms with Crippen LogP contribution in [0.4, 0.5) is 5.13 Å². The highest BCUT2D eigenvalue weighted by molar-refractivity contribution is 7.05. The molecule has 62 valence electrons. The Morgan fingerprint density at radius 3 is 3.00 bits per heavy atom. The van der Waals surface area contributed by atoms with Crippen molar-refractivity contribution in [2.24, 2.45) is 0 Å². The van der Waals surface area contributed by atoms with Crippen molar-refractivity contribution in [2.45, 2.75) is 25.8 Å². The number of anilines is 1. The van der Waals surface area contributed by atoms with Gasteiger partial charge in [0.1, 0.15) is 18.1 Å². The van der Waals surface area contributed by atoms with Crippen molar-refractivity contribution in [3.8, 4) is 0 Å². The molecule has 0 saturated carbocycles. The molecule has 1 aliphatic heterocycles. The first-order valence-corrected chi connectivity index (χ1v) is 4.29. The zero-order valence-corrected chi connectivity index (χ0v) is 8.49. The molecule has 0 aliphatic carbocycles. The predicted octanol–water partition coefficient (Wildman–Crippen LogP) is -2.65. The number of hydrogen-bond acceptors (Lipinski definition) is 3. The van der Waals surface area contributed by atoms with Gasteiger partial charge < -0.3 is 22.7 Å². The third-order valence-electron chi connectivity index (χ3n) is 1.74. The zero-order chi connectivity index (χ0) is 6.97. The van der Waals surface area contributed by atoms with Crippen molar-refractivity contribution in [1.29, 1.82) is 0 Å². The number of aryl methyl sites for hydroxylation is 2. The van der Waals surface area contributed by atoms with E-state index in [1.54, 1.807) is 11.5 Å². The maximum atomic E-state index is 5.54. The van der Waals surface area contributed by atoms with Crippen molar-refractivity contribution >= 4 is 16.7 Å². The number of fused-ring (bicyclic) bond motifs is 1. The Bertz CT molecular complexity index is 224. The Morgan fingerprint density at radius 1 is 1.45 bits per heavy atom. The van der Waals surface area contributed by atoms with Gasteiger partial charge in [0.2, 0.25) is 0 Å². The third-order valence-corrected chi connectivity index (χ3v) is 2.63. The molecule has 0 fully saturated rings. The molecular formula is C6H10BrN3S. The monoisotopic (exact) mass is 235 g/mol. The van der Waals surface area contributed by atoms with E-state index in [4.69, 9.17) is 5.73 Å². The number of aromatic nitrogens is 2. The lowest BCUT2D eigenvalue weighted by Gasteiger charge is -2.01. The maximum Gasteiger partial charge on any atom is 0.331 e. The summed E-state index contributed by atoms with van der Waals surface area (Å²) < 4.78 is 2.19. The summed E-state index contributed by atoms with van der Waals surface area (Å²) in [6.07, 6.45) is 3.65. The SMILES string of the molecule is Nc1nc2[n+](s1)CCCC2.[Br-]. The van der Waals surface area contributed by atoms with Crippen LogP contribution < -0.4 is 26.7 Å². The smallest absolute Gasteiger partial charge is 0.331 e. The standard InChI is InChI=1S/C6H9N3S.BrH/c7-6-8-5-3-1-2-4-9(5)10-6;/h7H,1-4H2;1H. The van der Waals surface area contributed by atoms with Gasteiger partial charge in [-0.1, -0.05) is 0 Å². The van der Waals surface area contributed by atoms with Crippen LogP contribution in [-0.2, 0) is 13.0 Å². The minimum absolute atomic E-state index is 0. The Morgan fingerprint density at radius 2 is 2.27 bits per heavy atom. The van der Waals surface area contributed by atoms with Gasteiger partial charge in [-0.3, -0.25) is 0 Å². The summed E-state index contributed by atoms with van der Waals surface area (Å²) in [5, 5.41) is 0.705. The van der Waals surface area contributed by atoms with Gasteiger partial charge in [0.25, 0.3) is 0 Å². The van der Waals surface area contributed by atoms with E-state index in [1.807, 2.05) is 0 Å². The third kappa shape index (κ3) is 1.70. The van der Waals surface area contributed by atoms with E-state index in [0.717, 1.165) is 13.0 Å². The number of nitrogen functional groups attached to an aromatic ring is 1. The summed E-state index contributed by atoms with van der Waals surface area (Å²) in [5.74, 6) is 1.17. The van der Waals surface area contributed by atoms with Crippen LogP contribution in [0.5, 0.6) is 0 Å². The van der Waals surface area contributed by atoms with E-state index in [1.165, 1.54) is 18.7 Å². The molecule has 1 aliphatic rings. The first-order valence-electron chi connectivity index (χ1n) is 3.52. The van der Waals surface area contributed by atoms with Crippen LogP contribution >= 0.6 is 11.5 Å². The molecule has 2 heterocycles. The second-order valence-electron chi connectivity index (χ2n) is 2.52. The van der Waals surface area contributed by atoms with Crippen molar-refractivity contribution in [3.05, 3.63) is 5.82 Å². The summed E-state index contributed by atoms with van der Waals surface area (Å²) in [5.41, 5.74) is 5.54. The fraction of sp³-hybridized carbons (Fsp3) is 0.667. The van der Waals surface area contributed by atoms with Crippen molar-refractivity contribution < 1.29 is 20.9 Å². The minimum Gasteiger partial charge on any atom is -1.00 e. The van der Waals surface area contributed by atoms with E-state index in [-0.39, 0.29) is 17.0 Å². The van der Waals surface area contributed by atoms with Crippen molar-refractivity contribution in [2.75, 3.05) is 5.73 Å². The molecule has 3 nitrogen and oxygen atoms in total. The number of nitrogens with zero attached hydrogens (tertiary/aromatic N) is 2. The van der Waals surface area contributed by atoms with E-state index < -0.39 is 0 Å². The molecule has 2 rings (SSSR count). The number of hydrogen-bond donors (Lipinski definition) is 1. The second-order valence-corrected chi connectivity index (χ2v) is 3.56. The van der Waals surface area contributed by atoms with E-state index in [2.05, 4.69) is 8.94 Å². The molecule has 0 spiro atoms. The highest BCUT2D eigenvalue weighted by Gasteiger charge is 2.21. The molecule has 5 heteroatoms. The highest BCUT2D eigenvalue weighted by Crippen LogP contribution is 2.11. The van der Waals surface area contributed by atoms with Gasteiger partial charge in [-0.2, -0.15) is 3.96 Å². The summed E-state index contributed by atoms with van der Waals surface area (Å²) in [4.78, 5) is 4.21. The van der Waals surface area contributed by atoms with Crippen molar-refractivity contribution in [1.82, 2.24) is 4.98 Å². The lowest BCUT2D eigenvalue weighted by Crippen LogP contribution is -3.00. The van der Waals surface area contributed by atoms with Gasteiger partial charge in [0.05, 0.1) is 6.42 Å². The number of nitrogens with two attached hydrogens (primary N) is 1. The predicted molar refractivity (Wildman–Crippen MR) is 39.7 cm³/mol. The van der Waals surface area contributed by atoms with Crippen LogP contribution in [0, 0.1) is 0 Å². The molecule has 0 amide bonds. The average Bonchev–Trinajstić information content (AvgIpc) is 2.27. The molecule has 0 radical (unpaired) electrons. The molecular weight excluding hydrogens is 226 g/mol. The molecule has 0 unspecified atom stereocenters. The van der Waals surface area contributed by atoms with E-state index in [0.29, 0.717) is 5.13 Å². The topological polar surface area (TPSA) is 42.8 Å². The van der Waals surface area contributed by atoms with E-state index >= 15 is 0 Å². The molecule has 2 N–H and O–H groups in total. The van der Waals surface area contributed by atoms with Gasteiger partial charge in [0.15, 0.2) is 0 Å². The van der Waals surface area contributed by atoms with E-state index in [9.17, 15) is 0 Å². The molecule has 0 aromatic carbocycles. The van der Waals surface area contributed by atoms with Crippen LogP contribution in [0.1, 0.15) is 18.7 Å². The largest absolute Gasteiger partial charge is 1.00 e. The Labute approximate surface area is 80.2 Å². The summed E-state index contributed by atoms with van der Waals surface area (Å²) in [7, 11) is 0. The number of halogens is 1. The van der Waals surface area contributed by atoms with Crippen LogP contribution in [0.3, 0.4) is 0 Å². The number of rotatable bonds is 0. The molecule has 11 heavy (non-hydrogen) atoms. The molecule has 1 aromatic heterocycles. The van der Waals surface area contributed by atoms with Crippen LogP contribution in [-0.4, -0.2) is 4.98 Å². The highest BCUT2D eigenvalue weighted by atomic mass is 79.9. The Balaban J connectivity index is 0.000000605. The first kappa shape index (κ1) is 8.93. The maximum absolute atomic E-state index is 5.54. The minimum atomic E-state index is 0. The molecule has 1 aromatic rings. The van der Waals surface area contributed by atoms with Crippen LogP contribution in [0.15, 0.2) is 0 Å². The van der Waals surface area contributed by atoms with Gasteiger partial charge in [-0.15, -0.1) is 0 Å².